The lowest BCUT2D eigenvalue weighted by molar-refractivity contribution is -0.120. The Morgan fingerprint density at radius 3 is 2.68 bits per heavy atom. The van der Waals surface area contributed by atoms with Gasteiger partial charge in [0.1, 0.15) is 16.0 Å². The van der Waals surface area contributed by atoms with Gasteiger partial charge >= 0.3 is 0 Å². The van der Waals surface area contributed by atoms with Gasteiger partial charge in [-0.2, -0.15) is 0 Å². The monoisotopic (exact) mass is 410 g/mol. The summed E-state index contributed by atoms with van der Waals surface area (Å²) in [6, 6.07) is 3.71. The second-order valence-corrected chi connectivity index (χ2v) is 7.40. The van der Waals surface area contributed by atoms with Gasteiger partial charge in [-0.05, 0) is 25.0 Å². The first kappa shape index (κ1) is 18.6. The molecule has 0 saturated carbocycles. The van der Waals surface area contributed by atoms with Crippen molar-refractivity contribution in [2.24, 2.45) is 5.92 Å². The van der Waals surface area contributed by atoms with Crippen LogP contribution >= 0.6 is 11.3 Å². The van der Waals surface area contributed by atoms with Gasteiger partial charge in [0.15, 0.2) is 28.4 Å². The highest BCUT2D eigenvalue weighted by atomic mass is 32.1. The Morgan fingerprint density at radius 2 is 1.96 bits per heavy atom. The fraction of sp³-hybridized carbons (Fsp3) is 0.278. The summed E-state index contributed by atoms with van der Waals surface area (Å²) in [5.74, 6) is -7.71. The summed E-state index contributed by atoms with van der Waals surface area (Å²) < 4.78 is 54.3. The summed E-state index contributed by atoms with van der Waals surface area (Å²) in [5.41, 5.74) is -0.364. The average Bonchev–Trinajstić information content (AvgIpc) is 3.14. The Bertz CT molecular complexity index is 998. The highest BCUT2D eigenvalue weighted by Gasteiger charge is 2.30. The van der Waals surface area contributed by atoms with Crippen molar-refractivity contribution < 1.29 is 22.4 Å². The van der Waals surface area contributed by atoms with Crippen LogP contribution in [0, 0.1) is 29.2 Å². The molecule has 1 saturated heterocycles. The molecule has 10 heteroatoms. The average molecular weight is 410 g/mol. The lowest BCUT2D eigenvalue weighted by Gasteiger charge is -2.31. The van der Waals surface area contributed by atoms with Gasteiger partial charge in [0, 0.05) is 25.4 Å². The lowest BCUT2D eigenvalue weighted by Crippen LogP contribution is -2.41. The first-order valence-electron chi connectivity index (χ1n) is 8.54. The highest BCUT2D eigenvalue weighted by Crippen LogP contribution is 2.31. The maximum absolute atomic E-state index is 13.8. The number of rotatable bonds is 3. The second-order valence-electron chi connectivity index (χ2n) is 6.44. The molecule has 1 aliphatic heterocycles. The molecule has 5 nitrogen and oxygen atoms in total. The third kappa shape index (κ3) is 3.39. The van der Waals surface area contributed by atoms with E-state index >= 15 is 0 Å². The number of piperidine rings is 1. The zero-order valence-electron chi connectivity index (χ0n) is 14.4. The van der Waals surface area contributed by atoms with Crippen molar-refractivity contribution in [2.75, 3.05) is 23.3 Å². The summed E-state index contributed by atoms with van der Waals surface area (Å²) in [6.07, 6.45) is 2.80. The van der Waals surface area contributed by atoms with Crippen LogP contribution in [-0.4, -0.2) is 29.0 Å². The zero-order valence-corrected chi connectivity index (χ0v) is 15.2. The van der Waals surface area contributed by atoms with E-state index in [1.54, 1.807) is 12.3 Å². The number of fused-ring (bicyclic) bond motifs is 1. The summed E-state index contributed by atoms with van der Waals surface area (Å²) in [6.45, 7) is 0.938. The highest BCUT2D eigenvalue weighted by molar-refractivity contribution is 7.21. The van der Waals surface area contributed by atoms with Crippen LogP contribution in [0.15, 0.2) is 24.4 Å². The number of amides is 1. The summed E-state index contributed by atoms with van der Waals surface area (Å²) in [5, 5.41) is 2.70. The molecule has 28 heavy (non-hydrogen) atoms. The van der Waals surface area contributed by atoms with Crippen molar-refractivity contribution in [3.8, 4) is 0 Å². The van der Waals surface area contributed by atoms with Crippen LogP contribution in [0.4, 0.5) is 28.4 Å². The van der Waals surface area contributed by atoms with Crippen molar-refractivity contribution >= 4 is 38.4 Å². The van der Waals surface area contributed by atoms with E-state index in [9.17, 15) is 22.4 Å². The molecule has 0 aliphatic carbocycles. The largest absolute Gasteiger partial charge is 0.347 e. The summed E-state index contributed by atoms with van der Waals surface area (Å²) >= 11 is 1.38. The number of nitrogens with one attached hydrogen (secondary N) is 1. The third-order valence-corrected chi connectivity index (χ3v) is 5.62. The molecule has 1 N–H and O–H groups in total. The molecular formula is C18H14F4N4OS. The van der Waals surface area contributed by atoms with Gasteiger partial charge < -0.3 is 10.2 Å². The molecule has 4 rings (SSSR count). The molecular weight excluding hydrogens is 396 g/mol. The predicted molar refractivity (Wildman–Crippen MR) is 97.3 cm³/mol. The van der Waals surface area contributed by atoms with Gasteiger partial charge in [0.05, 0.1) is 5.92 Å². The number of hydrogen-bond acceptors (Lipinski definition) is 5. The van der Waals surface area contributed by atoms with Crippen LogP contribution < -0.4 is 10.2 Å². The minimum absolute atomic E-state index is 0.101. The topological polar surface area (TPSA) is 58.1 Å². The number of aromatic nitrogens is 2. The van der Waals surface area contributed by atoms with E-state index in [0.29, 0.717) is 24.5 Å². The number of benzene rings is 1. The number of thiazole rings is 1. The number of carbonyl (C=O) groups excluding carboxylic acids is 1. The molecule has 1 fully saturated rings. The number of carbonyl (C=O) groups is 1. The summed E-state index contributed by atoms with van der Waals surface area (Å²) in [7, 11) is 0. The van der Waals surface area contributed by atoms with Gasteiger partial charge in [-0.25, -0.2) is 27.5 Å². The van der Waals surface area contributed by atoms with Crippen molar-refractivity contribution in [2.45, 2.75) is 12.8 Å². The SMILES string of the molecule is O=C(Nc1c(F)c(F)cc(F)c1F)C1CCCN(c2nc3cccnc3s2)C1. The third-order valence-electron chi connectivity index (χ3n) is 4.58. The van der Waals surface area contributed by atoms with E-state index in [0.717, 1.165) is 10.3 Å². The molecule has 146 valence electrons. The molecule has 1 amide bonds. The first-order chi connectivity index (χ1) is 13.4. The minimum Gasteiger partial charge on any atom is -0.347 e. The van der Waals surface area contributed by atoms with Crippen LogP contribution in [0.1, 0.15) is 12.8 Å². The van der Waals surface area contributed by atoms with E-state index in [2.05, 4.69) is 9.97 Å². The van der Waals surface area contributed by atoms with Gasteiger partial charge in [-0.15, -0.1) is 0 Å². The first-order valence-corrected chi connectivity index (χ1v) is 9.36. The fourth-order valence-electron chi connectivity index (χ4n) is 3.17. The maximum atomic E-state index is 13.8. The molecule has 1 atom stereocenters. The van der Waals surface area contributed by atoms with Crippen LogP contribution in [0.2, 0.25) is 0 Å². The standard InChI is InChI=1S/C18H14F4N4OS/c19-10-7-11(20)14(22)15(13(10)21)25-16(27)9-3-2-6-26(8-9)18-24-12-4-1-5-23-17(12)28-18/h1,4-5,7,9H,2-3,6,8H2,(H,25,27). The van der Waals surface area contributed by atoms with E-state index in [4.69, 9.17) is 0 Å². The maximum Gasteiger partial charge on any atom is 0.229 e. The van der Waals surface area contributed by atoms with Crippen LogP contribution in [0.3, 0.4) is 0 Å². The number of pyridine rings is 1. The van der Waals surface area contributed by atoms with Crippen molar-refractivity contribution in [3.63, 3.8) is 0 Å². The molecule has 1 aromatic carbocycles. The number of hydrogen-bond donors (Lipinski definition) is 1. The van der Waals surface area contributed by atoms with Gasteiger partial charge in [-0.1, -0.05) is 11.3 Å². The van der Waals surface area contributed by atoms with Gasteiger partial charge in [0.25, 0.3) is 0 Å². The van der Waals surface area contributed by atoms with Crippen molar-refractivity contribution in [1.82, 2.24) is 9.97 Å². The van der Waals surface area contributed by atoms with E-state index < -0.39 is 40.8 Å². The lowest BCUT2D eigenvalue weighted by atomic mass is 9.97. The number of halogens is 4. The van der Waals surface area contributed by atoms with E-state index in [-0.39, 0.29) is 12.6 Å². The Labute approximate surface area is 161 Å². The quantitative estimate of drug-likeness (QED) is 0.522. The molecule has 0 radical (unpaired) electrons. The minimum atomic E-state index is -1.63. The van der Waals surface area contributed by atoms with Crippen LogP contribution in [0.25, 0.3) is 10.3 Å². The van der Waals surface area contributed by atoms with Crippen molar-refractivity contribution in [3.05, 3.63) is 47.7 Å². The molecule has 2 aromatic heterocycles. The van der Waals surface area contributed by atoms with E-state index in [1.165, 1.54) is 11.3 Å². The molecule has 3 heterocycles. The Hall–Kier alpha value is -2.75. The number of anilines is 2. The van der Waals surface area contributed by atoms with Crippen LogP contribution in [0.5, 0.6) is 0 Å². The second kappa shape index (κ2) is 7.34. The molecule has 0 spiro atoms. The number of nitrogens with zero attached hydrogens (tertiary/aromatic N) is 3. The van der Waals surface area contributed by atoms with Gasteiger partial charge in [0.2, 0.25) is 5.91 Å². The molecule has 0 bridgehead atoms. The fourth-order valence-corrected chi connectivity index (χ4v) is 4.11. The predicted octanol–water partition coefficient (Wildman–Crippen LogP) is 4.10. The Balaban J connectivity index is 1.53. The molecule has 1 unspecified atom stereocenters. The van der Waals surface area contributed by atoms with Crippen molar-refractivity contribution in [1.29, 1.82) is 0 Å². The zero-order chi connectivity index (χ0) is 19.8. The van der Waals surface area contributed by atoms with Crippen LogP contribution in [-0.2, 0) is 4.79 Å². The molecule has 1 aliphatic rings. The Morgan fingerprint density at radius 1 is 1.21 bits per heavy atom. The van der Waals surface area contributed by atoms with Gasteiger partial charge in [-0.3, -0.25) is 4.79 Å². The molecule has 3 aromatic rings. The smallest absolute Gasteiger partial charge is 0.229 e. The summed E-state index contributed by atoms with van der Waals surface area (Å²) in [4.78, 5) is 23.9. The van der Waals surface area contributed by atoms with E-state index in [1.807, 2.05) is 16.3 Å². The Kier molecular flexibility index (Phi) is 4.88. The normalized spacial score (nSPS) is 17.1.